The van der Waals surface area contributed by atoms with E-state index < -0.39 is 0 Å². The van der Waals surface area contributed by atoms with Gasteiger partial charge in [-0.05, 0) is 44.0 Å². The first kappa shape index (κ1) is 14.0. The third-order valence-electron chi connectivity index (χ3n) is 2.82. The van der Waals surface area contributed by atoms with Crippen molar-refractivity contribution in [2.75, 3.05) is 13.7 Å². The summed E-state index contributed by atoms with van der Waals surface area (Å²) in [6.45, 7) is 6.71. The summed E-state index contributed by atoms with van der Waals surface area (Å²) in [6, 6.07) is 5.79. The molecule has 0 amide bonds. The summed E-state index contributed by atoms with van der Waals surface area (Å²) < 4.78 is 11.0. The fourth-order valence-corrected chi connectivity index (χ4v) is 1.52. The number of hydrogen-bond acceptors (Lipinski definition) is 3. The van der Waals surface area contributed by atoms with Crippen molar-refractivity contribution >= 4 is 0 Å². The van der Waals surface area contributed by atoms with Crippen LogP contribution in [0.4, 0.5) is 0 Å². The molecule has 1 aromatic rings. The molecule has 1 aromatic carbocycles. The number of hydrogen-bond donors (Lipinski definition) is 1. The van der Waals surface area contributed by atoms with Crippen molar-refractivity contribution in [3.05, 3.63) is 29.3 Å². The Kier molecular flexibility index (Phi) is 4.97. The Labute approximate surface area is 103 Å². The molecule has 0 saturated heterocycles. The van der Waals surface area contributed by atoms with Gasteiger partial charge in [-0.15, -0.1) is 0 Å². The maximum absolute atomic E-state index is 9.10. The third-order valence-corrected chi connectivity index (χ3v) is 2.82. The van der Waals surface area contributed by atoms with Gasteiger partial charge in [0.25, 0.3) is 0 Å². The van der Waals surface area contributed by atoms with E-state index in [2.05, 4.69) is 0 Å². The number of rotatable bonds is 6. The number of aliphatic hydroxyl groups is 1. The predicted octanol–water partition coefficient (Wildman–Crippen LogP) is 2.68. The largest absolute Gasteiger partial charge is 0.493 e. The van der Waals surface area contributed by atoms with Gasteiger partial charge < -0.3 is 14.6 Å². The Hall–Kier alpha value is -1.06. The minimum atomic E-state index is -0.163. The van der Waals surface area contributed by atoms with Crippen LogP contribution in [0.25, 0.3) is 0 Å². The summed E-state index contributed by atoms with van der Waals surface area (Å²) in [5, 5.41) is 9.10. The van der Waals surface area contributed by atoms with Crippen molar-refractivity contribution in [1.82, 2.24) is 0 Å². The smallest absolute Gasteiger partial charge is 0.119 e. The average molecular weight is 238 g/mol. The van der Waals surface area contributed by atoms with Gasteiger partial charge in [-0.2, -0.15) is 0 Å². The monoisotopic (exact) mass is 238 g/mol. The molecule has 96 valence electrons. The second kappa shape index (κ2) is 6.03. The zero-order chi connectivity index (χ0) is 12.9. The molecular formula is C14H22O3. The highest BCUT2D eigenvalue weighted by Gasteiger charge is 2.15. The summed E-state index contributed by atoms with van der Waals surface area (Å²) in [4.78, 5) is 0. The van der Waals surface area contributed by atoms with E-state index >= 15 is 0 Å². The van der Waals surface area contributed by atoms with Crippen LogP contribution in [0.3, 0.4) is 0 Å². The highest BCUT2D eigenvalue weighted by Crippen LogP contribution is 2.19. The lowest BCUT2D eigenvalue weighted by molar-refractivity contribution is 0.00544. The highest BCUT2D eigenvalue weighted by molar-refractivity contribution is 5.33. The standard InChI is InChI=1S/C14H22O3/c1-11-7-12(10-15)9-13(8-11)17-6-5-14(2,3)16-4/h7-9,15H,5-6,10H2,1-4H3. The summed E-state index contributed by atoms with van der Waals surface area (Å²) >= 11 is 0. The predicted molar refractivity (Wildman–Crippen MR) is 68.3 cm³/mol. The van der Waals surface area contributed by atoms with Crippen molar-refractivity contribution in [3.63, 3.8) is 0 Å². The first-order chi connectivity index (χ1) is 7.96. The summed E-state index contributed by atoms with van der Waals surface area (Å²) in [5.74, 6) is 0.806. The fraction of sp³-hybridized carbons (Fsp3) is 0.571. The molecule has 0 aliphatic heterocycles. The van der Waals surface area contributed by atoms with Gasteiger partial charge in [0.2, 0.25) is 0 Å². The topological polar surface area (TPSA) is 38.7 Å². The molecule has 0 heterocycles. The Balaban J connectivity index is 2.55. The van der Waals surface area contributed by atoms with Crippen LogP contribution in [0.5, 0.6) is 5.75 Å². The Morgan fingerprint density at radius 3 is 2.53 bits per heavy atom. The van der Waals surface area contributed by atoms with Crippen LogP contribution >= 0.6 is 0 Å². The van der Waals surface area contributed by atoms with Crippen LogP contribution < -0.4 is 4.74 Å². The number of benzene rings is 1. The molecule has 0 radical (unpaired) electrons. The van der Waals surface area contributed by atoms with Crippen LogP contribution in [0.2, 0.25) is 0 Å². The highest BCUT2D eigenvalue weighted by atomic mass is 16.5. The van der Waals surface area contributed by atoms with Crippen LogP contribution in [-0.4, -0.2) is 24.4 Å². The fourth-order valence-electron chi connectivity index (χ4n) is 1.52. The van der Waals surface area contributed by atoms with Gasteiger partial charge in [-0.3, -0.25) is 0 Å². The van der Waals surface area contributed by atoms with Gasteiger partial charge in [-0.25, -0.2) is 0 Å². The molecule has 0 aliphatic carbocycles. The Morgan fingerprint density at radius 1 is 1.24 bits per heavy atom. The maximum atomic E-state index is 9.10. The van der Waals surface area contributed by atoms with Crippen LogP contribution in [-0.2, 0) is 11.3 Å². The van der Waals surface area contributed by atoms with Gasteiger partial charge in [0, 0.05) is 13.5 Å². The Morgan fingerprint density at radius 2 is 1.94 bits per heavy atom. The quantitative estimate of drug-likeness (QED) is 0.828. The van der Waals surface area contributed by atoms with Crippen molar-refractivity contribution in [2.24, 2.45) is 0 Å². The molecule has 0 aromatic heterocycles. The maximum Gasteiger partial charge on any atom is 0.119 e. The van der Waals surface area contributed by atoms with Gasteiger partial charge in [0.05, 0.1) is 18.8 Å². The lowest BCUT2D eigenvalue weighted by Gasteiger charge is -2.22. The minimum absolute atomic E-state index is 0.0433. The molecule has 0 aliphatic rings. The van der Waals surface area contributed by atoms with E-state index in [0.29, 0.717) is 6.61 Å². The average Bonchev–Trinajstić information content (AvgIpc) is 2.28. The minimum Gasteiger partial charge on any atom is -0.493 e. The van der Waals surface area contributed by atoms with Crippen molar-refractivity contribution in [3.8, 4) is 5.75 Å². The van der Waals surface area contributed by atoms with E-state index in [0.717, 1.165) is 23.3 Å². The summed E-state index contributed by atoms with van der Waals surface area (Å²) in [5.41, 5.74) is 1.81. The van der Waals surface area contributed by atoms with Crippen molar-refractivity contribution in [2.45, 2.75) is 39.4 Å². The zero-order valence-electron chi connectivity index (χ0n) is 11.1. The van der Waals surface area contributed by atoms with E-state index in [1.165, 1.54) is 0 Å². The summed E-state index contributed by atoms with van der Waals surface area (Å²) in [6.07, 6.45) is 0.825. The van der Waals surface area contributed by atoms with Gasteiger partial charge in [0.15, 0.2) is 0 Å². The molecule has 0 atom stereocenters. The number of aryl methyl sites for hydroxylation is 1. The van der Waals surface area contributed by atoms with Crippen LogP contribution in [0.1, 0.15) is 31.4 Å². The van der Waals surface area contributed by atoms with Crippen LogP contribution in [0, 0.1) is 6.92 Å². The second-order valence-electron chi connectivity index (χ2n) is 4.87. The van der Waals surface area contributed by atoms with Crippen molar-refractivity contribution in [1.29, 1.82) is 0 Å². The van der Waals surface area contributed by atoms with Gasteiger partial charge in [0.1, 0.15) is 5.75 Å². The molecule has 3 heteroatoms. The first-order valence-electron chi connectivity index (χ1n) is 5.86. The molecule has 1 N–H and O–H groups in total. The molecule has 0 unspecified atom stereocenters. The van der Waals surface area contributed by atoms with Gasteiger partial charge >= 0.3 is 0 Å². The number of methoxy groups -OCH3 is 1. The molecule has 17 heavy (non-hydrogen) atoms. The van der Waals surface area contributed by atoms with Crippen molar-refractivity contribution < 1.29 is 14.6 Å². The van der Waals surface area contributed by atoms with Gasteiger partial charge in [-0.1, -0.05) is 6.07 Å². The number of ether oxygens (including phenoxy) is 2. The number of aliphatic hydroxyl groups excluding tert-OH is 1. The zero-order valence-corrected chi connectivity index (χ0v) is 11.1. The van der Waals surface area contributed by atoms with E-state index in [1.54, 1.807) is 7.11 Å². The van der Waals surface area contributed by atoms with E-state index in [9.17, 15) is 0 Å². The van der Waals surface area contributed by atoms with E-state index in [4.69, 9.17) is 14.6 Å². The molecule has 0 bridgehead atoms. The van der Waals surface area contributed by atoms with E-state index in [-0.39, 0.29) is 12.2 Å². The third kappa shape index (κ3) is 4.75. The molecule has 0 saturated carbocycles. The second-order valence-corrected chi connectivity index (χ2v) is 4.87. The first-order valence-corrected chi connectivity index (χ1v) is 5.86. The normalized spacial score (nSPS) is 11.6. The van der Waals surface area contributed by atoms with Crippen LogP contribution in [0.15, 0.2) is 18.2 Å². The molecule has 0 fully saturated rings. The molecule has 3 nitrogen and oxygen atoms in total. The lowest BCUT2D eigenvalue weighted by Crippen LogP contribution is -2.25. The molecule has 0 spiro atoms. The summed E-state index contributed by atoms with van der Waals surface area (Å²) in [7, 11) is 1.70. The Bertz CT molecular complexity index is 358. The van der Waals surface area contributed by atoms with E-state index in [1.807, 2.05) is 39.0 Å². The lowest BCUT2D eigenvalue weighted by atomic mass is 10.1. The molecule has 1 rings (SSSR count). The SMILES string of the molecule is COC(C)(C)CCOc1cc(C)cc(CO)c1. The molecular weight excluding hydrogens is 216 g/mol.